The highest BCUT2D eigenvalue weighted by atomic mass is 16.5. The first-order valence-electron chi connectivity index (χ1n) is 7.93. The summed E-state index contributed by atoms with van der Waals surface area (Å²) in [5, 5.41) is 3.59. The molecule has 3 nitrogen and oxygen atoms in total. The summed E-state index contributed by atoms with van der Waals surface area (Å²) >= 11 is 0. The van der Waals surface area contributed by atoms with E-state index in [0.717, 1.165) is 35.7 Å². The standard InChI is InChI=1S/C17H26N2O/c1-11(2)20-17-9-14(7-8-16(17)18)19-10-15(12-3-4-12)13-5-6-13/h7-9,11-13,15,19H,3-6,10,18H2,1-2H3. The fourth-order valence-electron chi connectivity index (χ4n) is 3.00. The van der Waals surface area contributed by atoms with E-state index < -0.39 is 0 Å². The minimum Gasteiger partial charge on any atom is -0.489 e. The van der Waals surface area contributed by atoms with Crippen LogP contribution in [0.15, 0.2) is 18.2 Å². The second-order valence-corrected chi connectivity index (χ2v) is 6.64. The van der Waals surface area contributed by atoms with Crippen LogP contribution in [0.2, 0.25) is 0 Å². The molecule has 0 bridgehead atoms. The average Bonchev–Trinajstić information content (AvgIpc) is 3.25. The van der Waals surface area contributed by atoms with E-state index in [-0.39, 0.29) is 6.10 Å². The molecule has 2 aliphatic rings. The molecule has 2 saturated carbocycles. The number of benzene rings is 1. The third-order valence-electron chi connectivity index (χ3n) is 4.37. The number of anilines is 2. The topological polar surface area (TPSA) is 47.3 Å². The number of nitrogens with one attached hydrogen (secondary N) is 1. The van der Waals surface area contributed by atoms with Gasteiger partial charge < -0.3 is 15.8 Å². The van der Waals surface area contributed by atoms with Crippen molar-refractivity contribution < 1.29 is 4.74 Å². The minimum absolute atomic E-state index is 0.151. The van der Waals surface area contributed by atoms with Crippen molar-refractivity contribution in [3.05, 3.63) is 18.2 Å². The van der Waals surface area contributed by atoms with Gasteiger partial charge in [0.2, 0.25) is 0 Å². The molecule has 0 aliphatic heterocycles. The molecule has 20 heavy (non-hydrogen) atoms. The molecule has 0 amide bonds. The Morgan fingerprint density at radius 1 is 1.20 bits per heavy atom. The van der Waals surface area contributed by atoms with E-state index in [0.29, 0.717) is 5.69 Å². The van der Waals surface area contributed by atoms with Gasteiger partial charge in [0.05, 0.1) is 11.8 Å². The molecule has 0 aromatic heterocycles. The maximum Gasteiger partial charge on any atom is 0.144 e. The predicted octanol–water partition coefficient (Wildman–Crippen LogP) is 3.90. The van der Waals surface area contributed by atoms with Crippen molar-refractivity contribution in [1.29, 1.82) is 0 Å². The van der Waals surface area contributed by atoms with Gasteiger partial charge in [-0.25, -0.2) is 0 Å². The van der Waals surface area contributed by atoms with Gasteiger partial charge in [0.25, 0.3) is 0 Å². The van der Waals surface area contributed by atoms with Crippen molar-refractivity contribution in [3.63, 3.8) is 0 Å². The van der Waals surface area contributed by atoms with E-state index in [2.05, 4.69) is 11.4 Å². The summed E-state index contributed by atoms with van der Waals surface area (Å²) < 4.78 is 5.75. The largest absolute Gasteiger partial charge is 0.489 e. The van der Waals surface area contributed by atoms with Gasteiger partial charge in [-0.2, -0.15) is 0 Å². The summed E-state index contributed by atoms with van der Waals surface area (Å²) in [6, 6.07) is 6.02. The Bertz CT molecular complexity index is 452. The Morgan fingerprint density at radius 2 is 1.85 bits per heavy atom. The van der Waals surface area contributed by atoms with Gasteiger partial charge in [0, 0.05) is 18.3 Å². The van der Waals surface area contributed by atoms with Crippen LogP contribution in [-0.2, 0) is 0 Å². The lowest BCUT2D eigenvalue weighted by molar-refractivity contribution is 0.244. The van der Waals surface area contributed by atoms with Crippen molar-refractivity contribution in [1.82, 2.24) is 0 Å². The van der Waals surface area contributed by atoms with Crippen LogP contribution < -0.4 is 15.8 Å². The summed E-state index contributed by atoms with van der Waals surface area (Å²) in [5.74, 6) is 3.63. The van der Waals surface area contributed by atoms with Crippen LogP contribution in [0.5, 0.6) is 5.75 Å². The van der Waals surface area contributed by atoms with Crippen LogP contribution in [0, 0.1) is 17.8 Å². The zero-order valence-corrected chi connectivity index (χ0v) is 12.6. The molecular weight excluding hydrogens is 248 g/mol. The van der Waals surface area contributed by atoms with Crippen LogP contribution >= 0.6 is 0 Å². The SMILES string of the molecule is CC(C)Oc1cc(NCC(C2CC2)C2CC2)ccc1N. The molecule has 0 saturated heterocycles. The molecule has 2 aliphatic carbocycles. The Labute approximate surface area is 121 Å². The number of nitrogen functional groups attached to an aromatic ring is 1. The van der Waals surface area contributed by atoms with E-state index in [1.165, 1.54) is 25.7 Å². The van der Waals surface area contributed by atoms with Gasteiger partial charge >= 0.3 is 0 Å². The zero-order valence-electron chi connectivity index (χ0n) is 12.6. The predicted molar refractivity (Wildman–Crippen MR) is 84.0 cm³/mol. The molecule has 0 radical (unpaired) electrons. The number of ether oxygens (including phenoxy) is 1. The molecule has 0 unspecified atom stereocenters. The second kappa shape index (κ2) is 5.55. The molecule has 0 spiro atoms. The van der Waals surface area contributed by atoms with Crippen molar-refractivity contribution >= 4 is 11.4 Å². The normalized spacial score (nSPS) is 18.6. The quantitative estimate of drug-likeness (QED) is 0.741. The molecule has 0 atom stereocenters. The van der Waals surface area contributed by atoms with E-state index in [9.17, 15) is 0 Å². The Morgan fingerprint density at radius 3 is 2.40 bits per heavy atom. The van der Waals surface area contributed by atoms with Crippen LogP contribution in [-0.4, -0.2) is 12.6 Å². The molecule has 3 N–H and O–H groups in total. The average molecular weight is 274 g/mol. The molecule has 1 aromatic carbocycles. The maximum atomic E-state index is 5.96. The van der Waals surface area contributed by atoms with Crippen LogP contribution in [0.3, 0.4) is 0 Å². The monoisotopic (exact) mass is 274 g/mol. The van der Waals surface area contributed by atoms with E-state index in [1.54, 1.807) is 0 Å². The fourth-order valence-corrected chi connectivity index (χ4v) is 3.00. The van der Waals surface area contributed by atoms with Gasteiger partial charge in [-0.3, -0.25) is 0 Å². The molecule has 2 fully saturated rings. The zero-order chi connectivity index (χ0) is 14.1. The summed E-state index contributed by atoms with van der Waals surface area (Å²) in [5.41, 5.74) is 7.80. The minimum atomic E-state index is 0.151. The first-order valence-corrected chi connectivity index (χ1v) is 7.93. The van der Waals surface area contributed by atoms with E-state index in [1.807, 2.05) is 26.0 Å². The molecule has 110 valence electrons. The van der Waals surface area contributed by atoms with Gasteiger partial charge in [-0.05, 0) is 69.4 Å². The van der Waals surface area contributed by atoms with Gasteiger partial charge in [0.15, 0.2) is 0 Å². The summed E-state index contributed by atoms with van der Waals surface area (Å²) in [6.07, 6.45) is 5.90. The first kappa shape index (κ1) is 13.6. The third-order valence-corrected chi connectivity index (χ3v) is 4.37. The third kappa shape index (κ3) is 3.38. The highest BCUT2D eigenvalue weighted by molar-refractivity contribution is 5.61. The highest BCUT2D eigenvalue weighted by Gasteiger charge is 2.40. The smallest absolute Gasteiger partial charge is 0.144 e. The fraction of sp³-hybridized carbons (Fsp3) is 0.647. The lowest BCUT2D eigenvalue weighted by Gasteiger charge is -2.18. The van der Waals surface area contributed by atoms with Crippen LogP contribution in [0.25, 0.3) is 0 Å². The Kier molecular flexibility index (Phi) is 3.77. The molecule has 1 aromatic rings. The van der Waals surface area contributed by atoms with Crippen molar-refractivity contribution in [2.45, 2.75) is 45.6 Å². The number of hydrogen-bond acceptors (Lipinski definition) is 3. The highest BCUT2D eigenvalue weighted by Crippen LogP contribution is 2.49. The van der Waals surface area contributed by atoms with E-state index >= 15 is 0 Å². The van der Waals surface area contributed by atoms with Crippen molar-refractivity contribution in [2.24, 2.45) is 17.8 Å². The Hall–Kier alpha value is -1.38. The summed E-state index contributed by atoms with van der Waals surface area (Å²) in [6.45, 7) is 5.14. The van der Waals surface area contributed by atoms with Crippen molar-refractivity contribution in [3.8, 4) is 5.75 Å². The molecule has 3 heteroatoms. The lowest BCUT2D eigenvalue weighted by atomic mass is 9.98. The van der Waals surface area contributed by atoms with Crippen LogP contribution in [0.1, 0.15) is 39.5 Å². The van der Waals surface area contributed by atoms with Gasteiger partial charge in [-0.1, -0.05) is 0 Å². The molecular formula is C17H26N2O. The van der Waals surface area contributed by atoms with Gasteiger partial charge in [-0.15, -0.1) is 0 Å². The van der Waals surface area contributed by atoms with Crippen LogP contribution in [0.4, 0.5) is 11.4 Å². The summed E-state index contributed by atoms with van der Waals surface area (Å²) in [7, 11) is 0. The first-order chi connectivity index (χ1) is 9.63. The second-order valence-electron chi connectivity index (χ2n) is 6.64. The number of rotatable bonds is 7. The Balaban J connectivity index is 1.61. The number of nitrogens with two attached hydrogens (primary N) is 1. The van der Waals surface area contributed by atoms with E-state index in [4.69, 9.17) is 10.5 Å². The maximum absolute atomic E-state index is 5.96. The van der Waals surface area contributed by atoms with Crippen molar-refractivity contribution in [2.75, 3.05) is 17.6 Å². The summed E-state index contributed by atoms with van der Waals surface area (Å²) in [4.78, 5) is 0. The lowest BCUT2D eigenvalue weighted by Crippen LogP contribution is -2.18. The number of hydrogen-bond donors (Lipinski definition) is 2. The molecule has 0 heterocycles. The molecule has 3 rings (SSSR count). The van der Waals surface area contributed by atoms with Gasteiger partial charge in [0.1, 0.15) is 5.75 Å².